The predicted octanol–water partition coefficient (Wildman–Crippen LogP) is 3.79. The molecule has 1 heterocycles. The van der Waals surface area contributed by atoms with Crippen LogP contribution in [-0.4, -0.2) is 4.57 Å². The van der Waals surface area contributed by atoms with Gasteiger partial charge in [0.1, 0.15) is 18.1 Å². The molecule has 0 unspecified atom stereocenters. The van der Waals surface area contributed by atoms with E-state index in [1.807, 2.05) is 0 Å². The van der Waals surface area contributed by atoms with Gasteiger partial charge in [-0.2, -0.15) is 0 Å². The lowest BCUT2D eigenvalue weighted by Gasteiger charge is -1.96. The minimum atomic E-state index is 1.07. The molecule has 0 spiro atoms. The first-order valence-corrected chi connectivity index (χ1v) is 6.75. The maximum atomic E-state index is 2.26. The molecule has 0 radical (unpaired) electrons. The minimum absolute atomic E-state index is 1.07. The Kier molecular flexibility index (Phi) is 6.38. The second-order valence-electron chi connectivity index (χ2n) is 4.26. The lowest BCUT2D eigenvalue weighted by Crippen LogP contribution is -2.30. The van der Waals surface area contributed by atoms with Crippen LogP contribution in [0.15, 0.2) is 36.9 Å². The Balaban J connectivity index is 2.77. The molecule has 0 N–H and O–H groups in total. The topological polar surface area (TPSA) is 8.81 Å². The summed E-state index contributed by atoms with van der Waals surface area (Å²) in [5, 5.41) is 0. The normalized spacial score (nSPS) is 12.5. The van der Waals surface area contributed by atoms with Crippen molar-refractivity contribution in [1.29, 1.82) is 0 Å². The zero-order valence-electron chi connectivity index (χ0n) is 11.4. The van der Waals surface area contributed by atoms with Gasteiger partial charge in [0.25, 0.3) is 0 Å². The van der Waals surface area contributed by atoms with Crippen LogP contribution in [0.25, 0.3) is 5.70 Å². The Hall–Kier alpha value is -1.31. The van der Waals surface area contributed by atoms with Crippen LogP contribution in [0.1, 0.15) is 46.5 Å². The predicted molar refractivity (Wildman–Crippen MR) is 73.5 cm³/mol. The second kappa shape index (κ2) is 7.88. The summed E-state index contributed by atoms with van der Waals surface area (Å²) < 4.78 is 4.46. The lowest BCUT2D eigenvalue weighted by atomic mass is 10.3. The first-order chi connectivity index (χ1) is 8.31. The SMILES string of the molecule is CCC=CC(=CCC)n1cc[n+](CCCC)c1. The summed E-state index contributed by atoms with van der Waals surface area (Å²) in [4.78, 5) is 0. The smallest absolute Gasteiger partial charge is 0.236 e. The number of nitrogens with zero attached hydrogens (tertiary/aromatic N) is 2. The monoisotopic (exact) mass is 233 g/mol. The standard InChI is InChI=1S/C15H25N2/c1-4-7-10-15(9-6-3)17-13-12-16(14-17)11-8-5-2/h7,9-10,12-14H,4-6,8,11H2,1-3H3/q+1. The van der Waals surface area contributed by atoms with Gasteiger partial charge >= 0.3 is 0 Å². The fraction of sp³-hybridized carbons (Fsp3) is 0.533. The second-order valence-corrected chi connectivity index (χ2v) is 4.26. The summed E-state index contributed by atoms with van der Waals surface area (Å²) in [5.74, 6) is 0. The average Bonchev–Trinajstić information content (AvgIpc) is 2.80. The molecule has 2 nitrogen and oxygen atoms in total. The van der Waals surface area contributed by atoms with E-state index >= 15 is 0 Å². The van der Waals surface area contributed by atoms with Crippen LogP contribution in [0.2, 0.25) is 0 Å². The Morgan fingerprint density at radius 3 is 2.71 bits per heavy atom. The number of hydrogen-bond donors (Lipinski definition) is 0. The van der Waals surface area contributed by atoms with Gasteiger partial charge in [0, 0.05) is 0 Å². The molecule has 0 saturated carbocycles. The highest BCUT2D eigenvalue weighted by Gasteiger charge is 2.05. The fourth-order valence-corrected chi connectivity index (χ4v) is 1.73. The molecule has 0 bridgehead atoms. The van der Waals surface area contributed by atoms with Gasteiger partial charge < -0.3 is 0 Å². The molecule has 0 aliphatic rings. The van der Waals surface area contributed by atoms with Crippen LogP contribution in [0.5, 0.6) is 0 Å². The van der Waals surface area contributed by atoms with Crippen molar-refractivity contribution >= 4 is 5.70 Å². The maximum absolute atomic E-state index is 2.26. The zero-order chi connectivity index (χ0) is 12.5. The highest BCUT2D eigenvalue weighted by Crippen LogP contribution is 2.07. The van der Waals surface area contributed by atoms with E-state index in [9.17, 15) is 0 Å². The summed E-state index contributed by atoms with van der Waals surface area (Å²) in [6.07, 6.45) is 17.8. The maximum Gasteiger partial charge on any atom is 0.248 e. The number of rotatable bonds is 7. The van der Waals surface area contributed by atoms with Gasteiger partial charge in [-0.25, -0.2) is 9.13 Å². The Morgan fingerprint density at radius 2 is 2.06 bits per heavy atom. The van der Waals surface area contributed by atoms with Crippen LogP contribution in [0.4, 0.5) is 0 Å². The minimum Gasteiger partial charge on any atom is -0.236 e. The van der Waals surface area contributed by atoms with E-state index in [-0.39, 0.29) is 0 Å². The third-order valence-electron chi connectivity index (χ3n) is 2.70. The van der Waals surface area contributed by atoms with Crippen molar-refractivity contribution < 1.29 is 4.57 Å². The Labute approximate surface area is 105 Å². The van der Waals surface area contributed by atoms with Crippen LogP contribution in [0.3, 0.4) is 0 Å². The van der Waals surface area contributed by atoms with Crippen LogP contribution in [-0.2, 0) is 6.54 Å². The highest BCUT2D eigenvalue weighted by atomic mass is 15.1. The quantitative estimate of drug-likeness (QED) is 0.500. The van der Waals surface area contributed by atoms with E-state index in [4.69, 9.17) is 0 Å². The van der Waals surface area contributed by atoms with Crippen molar-refractivity contribution in [2.75, 3.05) is 0 Å². The number of hydrogen-bond acceptors (Lipinski definition) is 0. The number of aryl methyl sites for hydroxylation is 1. The van der Waals surface area contributed by atoms with E-state index in [2.05, 4.69) is 66.9 Å². The molecule has 0 aromatic carbocycles. The van der Waals surface area contributed by atoms with Crippen LogP contribution in [0, 0.1) is 0 Å². The van der Waals surface area contributed by atoms with E-state index in [0.29, 0.717) is 0 Å². The summed E-state index contributed by atoms with van der Waals surface area (Å²) in [7, 11) is 0. The fourth-order valence-electron chi connectivity index (χ4n) is 1.73. The summed E-state index contributed by atoms with van der Waals surface area (Å²) in [6, 6.07) is 0. The molecule has 0 saturated heterocycles. The molecule has 1 rings (SSSR count). The van der Waals surface area contributed by atoms with E-state index in [0.717, 1.165) is 19.4 Å². The molecule has 0 amide bonds. The molecule has 1 aromatic heterocycles. The van der Waals surface area contributed by atoms with Crippen molar-refractivity contribution in [3.63, 3.8) is 0 Å². The van der Waals surface area contributed by atoms with Crippen LogP contribution < -0.4 is 4.57 Å². The molecular formula is C15H25N2+. The van der Waals surface area contributed by atoms with Gasteiger partial charge in [0.2, 0.25) is 6.33 Å². The van der Waals surface area contributed by atoms with Gasteiger partial charge in [-0.1, -0.05) is 33.3 Å². The van der Waals surface area contributed by atoms with Crippen molar-refractivity contribution in [3.05, 3.63) is 36.9 Å². The summed E-state index contributed by atoms with van der Waals surface area (Å²) >= 11 is 0. The molecular weight excluding hydrogens is 208 g/mol. The van der Waals surface area contributed by atoms with E-state index in [1.54, 1.807) is 0 Å². The van der Waals surface area contributed by atoms with Crippen molar-refractivity contribution in [3.8, 4) is 0 Å². The van der Waals surface area contributed by atoms with Crippen molar-refractivity contribution in [2.45, 2.75) is 53.0 Å². The molecule has 94 valence electrons. The third-order valence-corrected chi connectivity index (χ3v) is 2.70. The highest BCUT2D eigenvalue weighted by molar-refractivity contribution is 5.56. The Morgan fingerprint density at radius 1 is 1.24 bits per heavy atom. The molecule has 0 fully saturated rings. The molecule has 0 aliphatic carbocycles. The first-order valence-electron chi connectivity index (χ1n) is 6.75. The van der Waals surface area contributed by atoms with E-state index < -0.39 is 0 Å². The first kappa shape index (κ1) is 13.8. The Bertz CT molecular complexity index is 372. The van der Waals surface area contributed by atoms with Gasteiger partial charge in [-0.05, 0) is 31.4 Å². The summed E-state index contributed by atoms with van der Waals surface area (Å²) in [5.41, 5.74) is 1.27. The molecule has 1 aromatic rings. The number of imidazole rings is 1. The summed E-state index contributed by atoms with van der Waals surface area (Å²) in [6.45, 7) is 7.68. The van der Waals surface area contributed by atoms with Gasteiger partial charge in [-0.15, -0.1) is 0 Å². The number of aromatic nitrogens is 2. The number of unbranched alkanes of at least 4 members (excludes halogenated alkanes) is 1. The zero-order valence-corrected chi connectivity index (χ0v) is 11.4. The van der Waals surface area contributed by atoms with Crippen LogP contribution >= 0.6 is 0 Å². The van der Waals surface area contributed by atoms with Crippen molar-refractivity contribution in [2.24, 2.45) is 0 Å². The number of allylic oxidation sites excluding steroid dienone is 4. The van der Waals surface area contributed by atoms with Gasteiger partial charge in [0.15, 0.2) is 0 Å². The lowest BCUT2D eigenvalue weighted by molar-refractivity contribution is -0.696. The average molecular weight is 233 g/mol. The molecule has 17 heavy (non-hydrogen) atoms. The molecule has 2 heteroatoms. The van der Waals surface area contributed by atoms with Gasteiger partial charge in [0.05, 0.1) is 6.54 Å². The largest absolute Gasteiger partial charge is 0.248 e. The molecule has 0 aliphatic heterocycles. The molecule has 0 atom stereocenters. The van der Waals surface area contributed by atoms with E-state index in [1.165, 1.54) is 18.5 Å². The van der Waals surface area contributed by atoms with Crippen molar-refractivity contribution in [1.82, 2.24) is 4.57 Å². The van der Waals surface area contributed by atoms with Gasteiger partial charge in [-0.3, -0.25) is 0 Å². The third kappa shape index (κ3) is 4.59.